The number of nitrogens with zero attached hydrogens (tertiary/aromatic N) is 3. The number of imide groups is 1. The van der Waals surface area contributed by atoms with Crippen LogP contribution in [0.25, 0.3) is 0 Å². The maximum atomic E-state index is 11.7. The van der Waals surface area contributed by atoms with Crippen LogP contribution in [0.3, 0.4) is 0 Å². The van der Waals surface area contributed by atoms with Gasteiger partial charge in [0.25, 0.3) is 0 Å². The average molecular weight is 1540 g/mol. The number of hydrogen-bond acceptors (Lipinski definition) is 22. The molecule has 1 aliphatic heterocycles. The van der Waals surface area contributed by atoms with Gasteiger partial charge in [0.2, 0.25) is 0 Å². The van der Waals surface area contributed by atoms with E-state index in [1.165, 1.54) is 83.1 Å². The molecule has 1 saturated heterocycles. The Kier molecular flexibility index (Phi) is 45.0. The lowest BCUT2D eigenvalue weighted by Gasteiger charge is -2.43. The Morgan fingerprint density at radius 1 is 0.481 bits per heavy atom. The number of phenolic OH excluding ortho intramolecular Hbond substituents is 2. The molecular formula is C77H111N3O22Si4-6. The largest absolute Gasteiger partial charge is 0.872 e. The minimum atomic E-state index is -3.81. The predicted octanol–water partition coefficient (Wildman–Crippen LogP) is 7.67. The minimum absolute atomic E-state index is 0.0103. The number of ketones is 1. The molecule has 2 fully saturated rings. The van der Waals surface area contributed by atoms with Crippen molar-refractivity contribution >= 4 is 59.0 Å². The first-order chi connectivity index (χ1) is 50.8. The molecule has 4 amide bonds. The summed E-state index contributed by atoms with van der Waals surface area (Å²) in [5.74, 6) is -1.23. The monoisotopic (exact) mass is 1540 g/mol. The van der Waals surface area contributed by atoms with Crippen LogP contribution < -0.4 is 30.6 Å². The van der Waals surface area contributed by atoms with Gasteiger partial charge in [-0.3, -0.25) is 14.6 Å². The number of aromatic hydroxyl groups is 2. The van der Waals surface area contributed by atoms with Crippen molar-refractivity contribution in [2.24, 2.45) is 11.8 Å². The zero-order chi connectivity index (χ0) is 79.5. The van der Waals surface area contributed by atoms with E-state index in [0.717, 1.165) is 53.5 Å². The third-order valence-corrected chi connectivity index (χ3v) is 32.5. The van der Waals surface area contributed by atoms with Gasteiger partial charge in [-0.25, -0.2) is 14.5 Å². The highest BCUT2D eigenvalue weighted by Crippen LogP contribution is 2.44. The van der Waals surface area contributed by atoms with Crippen LogP contribution in [0.1, 0.15) is 123 Å². The van der Waals surface area contributed by atoms with Crippen molar-refractivity contribution in [1.29, 1.82) is 0 Å². The lowest BCUT2D eigenvalue weighted by Crippen LogP contribution is -2.66. The van der Waals surface area contributed by atoms with E-state index in [1.807, 2.05) is 50.2 Å². The normalized spacial score (nSPS) is 15.9. The maximum Gasteiger partial charge on any atom is 0.493 e. The summed E-state index contributed by atoms with van der Waals surface area (Å²) in [5, 5.41) is 94.2. The van der Waals surface area contributed by atoms with E-state index in [1.54, 1.807) is 50.5 Å². The van der Waals surface area contributed by atoms with Crippen LogP contribution in [0.4, 0.5) is 9.59 Å². The van der Waals surface area contributed by atoms with Gasteiger partial charge >= 0.3 is 47.3 Å². The molecule has 1 saturated carbocycles. The van der Waals surface area contributed by atoms with Gasteiger partial charge in [-0.1, -0.05) is 198 Å². The van der Waals surface area contributed by atoms with Crippen molar-refractivity contribution in [3.63, 3.8) is 0 Å². The third kappa shape index (κ3) is 30.0. The fraction of sp³-hybridized carbons (Fsp3) is 0.455. The summed E-state index contributed by atoms with van der Waals surface area (Å²) in [4.78, 5) is 47.8. The number of benzene rings is 6. The highest BCUT2D eigenvalue weighted by Gasteiger charge is 2.61. The Balaban J connectivity index is 0.000000477. The molecular weight excluding hydrogens is 1430 g/mol. The lowest BCUT2D eigenvalue weighted by atomic mass is 9.73. The average Bonchev–Trinajstić information content (AvgIpc) is 0.825. The lowest BCUT2D eigenvalue weighted by molar-refractivity contribution is -0.368. The number of aryl methyl sites for hydroxylation is 1. The Hall–Kier alpha value is -7.35. The quantitative estimate of drug-likeness (QED) is 0.0333. The van der Waals surface area contributed by atoms with Gasteiger partial charge in [0.05, 0.1) is 0 Å². The molecule has 0 bridgehead atoms. The highest BCUT2D eigenvalue weighted by atomic mass is 28.5. The van der Waals surface area contributed by atoms with E-state index in [9.17, 15) is 60.0 Å². The Morgan fingerprint density at radius 2 is 0.774 bits per heavy atom. The summed E-state index contributed by atoms with van der Waals surface area (Å²) in [5.41, 5.74) is 8.16. The summed E-state index contributed by atoms with van der Waals surface area (Å²) in [6.45, 7) is 9.58. The maximum absolute atomic E-state index is 11.7. The summed E-state index contributed by atoms with van der Waals surface area (Å²) < 4.78 is 53.3. The second-order valence-corrected chi connectivity index (χ2v) is 36.7. The molecule has 106 heavy (non-hydrogen) atoms. The number of carboxylic acids is 1. The molecule has 6 unspecified atom stereocenters. The van der Waals surface area contributed by atoms with Crippen molar-refractivity contribution in [3.8, 4) is 17.2 Å². The summed E-state index contributed by atoms with van der Waals surface area (Å²) in [7, 11) is -0.523. The summed E-state index contributed by atoms with van der Waals surface area (Å²) in [6, 6.07) is 50.8. The van der Waals surface area contributed by atoms with Crippen LogP contribution in [-0.4, -0.2) is 186 Å². The number of amides is 4. The van der Waals surface area contributed by atoms with Crippen LogP contribution >= 0.6 is 0 Å². The molecule has 6 atom stereocenters. The smallest absolute Gasteiger partial charge is 0.493 e. The number of aliphatic hydroxyl groups is 1. The number of carbonyl (C=O) groups is 4. The van der Waals surface area contributed by atoms with Gasteiger partial charge in [-0.15, -0.1) is 32.2 Å². The van der Waals surface area contributed by atoms with E-state index in [-0.39, 0.29) is 116 Å². The Labute approximate surface area is 631 Å². The molecule has 588 valence electrons. The molecule has 29 heteroatoms. The van der Waals surface area contributed by atoms with Gasteiger partial charge < -0.3 is 89.7 Å². The van der Waals surface area contributed by atoms with Crippen LogP contribution in [0.15, 0.2) is 170 Å². The van der Waals surface area contributed by atoms with E-state index >= 15 is 0 Å². The first-order valence-electron chi connectivity index (χ1n) is 35.2. The number of carboxylic acid groups (broad SMARTS) is 1. The van der Waals surface area contributed by atoms with Crippen LogP contribution in [0.5, 0.6) is 17.2 Å². The van der Waals surface area contributed by atoms with Gasteiger partial charge in [-0.05, 0) is 90.8 Å². The summed E-state index contributed by atoms with van der Waals surface area (Å²) in [6.07, 6.45) is 5.01. The van der Waals surface area contributed by atoms with Gasteiger partial charge in [0.1, 0.15) is 23.1 Å². The van der Waals surface area contributed by atoms with Crippen molar-refractivity contribution < 1.29 is 104 Å². The van der Waals surface area contributed by atoms with Crippen LogP contribution in [-0.2, 0) is 54.9 Å². The van der Waals surface area contributed by atoms with Crippen molar-refractivity contribution in [2.75, 3.05) is 97.3 Å². The van der Waals surface area contributed by atoms with E-state index in [2.05, 4.69) is 98.4 Å². The standard InChI is InChI=1S/C27H24O3.C18H42O13Si4.C13H12.C9H14O3.C7H11N3O2.C2H6.CH4O/c1-18-2-4-19(5-3-18)26(20-6-12-23(28)13-7-20)27(21-8-14-24(29)15-9-21)22-10-16-25(30)17-11-22;1-23-32(24-2,15-7-11-19)29-34(27-5,17-9-13-21)31-35(28-6,18-10-14-22)30-33(25-3,26-4)16-8-12-20;1-3-7-12(8-4-1)11-13-9-5-2-6-10-13;1-6(10)7-4-2-3-5-8(7)9(11)12;1-5-8(2)6(11)10(4)7(12)9(5)3;2*1-2/h2-17,26-30H,1H3;7-18H2,1-6H3;1-10H,11H2;7-8H,2-5H2,1H3,(H,11,12);1H2,2-4H3;1-2H3;2H,1H3/q;-4;;;;;/p-2. The topological polar surface area (TPSA) is 360 Å². The number of phenols is 2. The molecule has 8 rings (SSSR count). The predicted molar refractivity (Wildman–Crippen MR) is 402 cm³/mol. The third-order valence-electron chi connectivity index (χ3n) is 17.4. The zero-order valence-electron chi connectivity index (χ0n) is 64.0. The molecule has 3 N–H and O–H groups in total. The fourth-order valence-electron chi connectivity index (χ4n) is 11.6. The van der Waals surface area contributed by atoms with Gasteiger partial charge in [0.15, 0.2) is 0 Å². The molecule has 0 spiro atoms. The Morgan fingerprint density at radius 3 is 1.07 bits per heavy atom. The number of hydrogen-bond donors (Lipinski definition) is 3. The van der Waals surface area contributed by atoms with E-state index in [4.69, 9.17) is 44.0 Å². The summed E-state index contributed by atoms with van der Waals surface area (Å²) >= 11 is 0. The SMILES string of the molecule is C=C1N(C)C(=O)N(C)C(=O)N1C.CC.CC(=O)C1CCCCC1C(=O)[O-].CO.CO[Si](CCC[O-])(OC)O[Si](CCC[O-])(OC)O[Si](CCC[O-])(OC)O[Si](CCC[O-])(OC)OC.Cc1ccc(C(c2ccc(O)cc2)C(c2ccc([O-])cc2)c2ccc(O)cc2)cc1.c1ccc(Cc2ccccc2)cc1. The van der Waals surface area contributed by atoms with Crippen LogP contribution in [0.2, 0.25) is 24.2 Å². The molecule has 2 aliphatic rings. The number of urea groups is 2. The van der Waals surface area contributed by atoms with Crippen molar-refractivity contribution in [3.05, 3.63) is 209 Å². The number of aliphatic carboxylic acids is 1. The molecule has 0 radical (unpaired) electrons. The molecule has 25 nitrogen and oxygen atoms in total. The minimum Gasteiger partial charge on any atom is -0.872 e. The molecule has 1 heterocycles. The van der Waals surface area contributed by atoms with E-state index < -0.39 is 60.3 Å². The van der Waals surface area contributed by atoms with Crippen molar-refractivity contribution in [2.45, 2.75) is 121 Å². The molecule has 1 aliphatic carbocycles. The number of carbonyl (C=O) groups excluding carboxylic acids is 4. The molecule has 6 aromatic carbocycles. The first kappa shape index (κ1) is 94.7. The number of Topliss-reactive ketones (excluding diaryl/α,β-unsaturated/α-hetero) is 1. The fourth-order valence-corrected chi connectivity index (χ4v) is 27.4. The van der Waals surface area contributed by atoms with E-state index in [0.29, 0.717) is 18.7 Å². The number of aliphatic hydroxyl groups excluding tert-OH is 1. The molecule has 6 aromatic rings. The first-order valence-corrected chi connectivity index (χ1v) is 42.9. The van der Waals surface area contributed by atoms with Crippen LogP contribution in [0, 0.1) is 18.8 Å². The Bertz CT molecular complexity index is 3070. The zero-order valence-corrected chi connectivity index (χ0v) is 68.0. The van der Waals surface area contributed by atoms with Gasteiger partial charge in [-0.2, -0.15) is 0 Å². The molecule has 0 aromatic heterocycles. The highest BCUT2D eigenvalue weighted by molar-refractivity contribution is 6.84. The van der Waals surface area contributed by atoms with Crippen molar-refractivity contribution in [1.82, 2.24) is 14.7 Å². The second-order valence-electron chi connectivity index (χ2n) is 24.3. The van der Waals surface area contributed by atoms with Gasteiger partial charge in [0, 0.05) is 125 Å². The number of rotatable bonds is 33. The second kappa shape index (κ2) is 50.3.